The Labute approximate surface area is 178 Å². The van der Waals surface area contributed by atoms with E-state index in [0.29, 0.717) is 17.1 Å². The average Bonchev–Trinajstić information content (AvgIpc) is 2.73. The van der Waals surface area contributed by atoms with Gasteiger partial charge in [-0.1, -0.05) is 26.0 Å². The molecule has 0 bridgehead atoms. The highest BCUT2D eigenvalue weighted by Gasteiger charge is 2.37. The van der Waals surface area contributed by atoms with E-state index in [2.05, 4.69) is 5.32 Å². The predicted molar refractivity (Wildman–Crippen MR) is 114 cm³/mol. The molecule has 9 nitrogen and oxygen atoms in total. The summed E-state index contributed by atoms with van der Waals surface area (Å²) >= 11 is 0. The third-order valence-corrected chi connectivity index (χ3v) is 5.25. The Balaban J connectivity index is 2.27. The Morgan fingerprint density at radius 1 is 1.13 bits per heavy atom. The molecule has 3 rings (SSSR count). The van der Waals surface area contributed by atoms with E-state index in [1.54, 1.807) is 19.1 Å². The van der Waals surface area contributed by atoms with Crippen molar-refractivity contribution < 1.29 is 19.4 Å². The highest BCUT2D eigenvalue weighted by Crippen LogP contribution is 2.40. The maximum atomic E-state index is 13.1. The number of esters is 1. The van der Waals surface area contributed by atoms with Gasteiger partial charge in [-0.25, -0.2) is 14.4 Å². The molecule has 2 aromatic rings. The van der Waals surface area contributed by atoms with E-state index < -0.39 is 29.1 Å². The normalized spacial score (nSPS) is 15.5. The first-order valence-electron chi connectivity index (χ1n) is 9.82. The van der Waals surface area contributed by atoms with Crippen LogP contribution < -0.4 is 16.6 Å². The van der Waals surface area contributed by atoms with E-state index in [9.17, 15) is 24.3 Å². The highest BCUT2D eigenvalue weighted by atomic mass is 16.5. The van der Waals surface area contributed by atoms with Crippen LogP contribution in [0.2, 0.25) is 0 Å². The minimum absolute atomic E-state index is 0.0795. The van der Waals surface area contributed by atoms with Gasteiger partial charge in [-0.2, -0.15) is 0 Å². The summed E-state index contributed by atoms with van der Waals surface area (Å²) in [6, 6.07) is 5.96. The Bertz CT molecular complexity index is 1200. The van der Waals surface area contributed by atoms with Crippen molar-refractivity contribution in [3.8, 4) is 0 Å². The maximum Gasteiger partial charge on any atom is 0.336 e. The number of carboxylic acids is 1. The van der Waals surface area contributed by atoms with Crippen LogP contribution in [0.15, 0.2) is 45.1 Å². The van der Waals surface area contributed by atoms with E-state index in [4.69, 9.17) is 4.74 Å². The third kappa shape index (κ3) is 3.90. The van der Waals surface area contributed by atoms with Crippen molar-refractivity contribution in [2.45, 2.75) is 26.7 Å². The number of anilines is 1. The first-order chi connectivity index (χ1) is 14.5. The minimum Gasteiger partial charge on any atom is -0.478 e. The average molecular weight is 427 g/mol. The highest BCUT2D eigenvalue weighted by molar-refractivity contribution is 5.94. The van der Waals surface area contributed by atoms with Crippen LogP contribution in [0.5, 0.6) is 0 Å². The molecule has 0 fully saturated rings. The van der Waals surface area contributed by atoms with Crippen LogP contribution in [0.25, 0.3) is 0 Å². The van der Waals surface area contributed by atoms with E-state index in [1.807, 2.05) is 13.8 Å². The number of aromatic nitrogens is 2. The van der Waals surface area contributed by atoms with Crippen LogP contribution in [0.1, 0.15) is 48.2 Å². The lowest BCUT2D eigenvalue weighted by Crippen LogP contribution is -2.43. The number of ether oxygens (including phenoxy) is 1. The van der Waals surface area contributed by atoms with E-state index >= 15 is 0 Å². The van der Waals surface area contributed by atoms with Gasteiger partial charge in [0.1, 0.15) is 5.82 Å². The van der Waals surface area contributed by atoms with Gasteiger partial charge in [-0.05, 0) is 30.5 Å². The van der Waals surface area contributed by atoms with Crippen LogP contribution >= 0.6 is 0 Å². The summed E-state index contributed by atoms with van der Waals surface area (Å²) in [5.41, 5.74) is 0.489. The van der Waals surface area contributed by atoms with Gasteiger partial charge in [-0.3, -0.25) is 13.9 Å². The molecule has 0 aliphatic carbocycles. The molecule has 1 aliphatic rings. The van der Waals surface area contributed by atoms with Crippen LogP contribution in [0.3, 0.4) is 0 Å². The van der Waals surface area contributed by atoms with Crippen molar-refractivity contribution >= 4 is 17.8 Å². The van der Waals surface area contributed by atoms with Crippen molar-refractivity contribution in [3.63, 3.8) is 0 Å². The number of benzene rings is 1. The number of hydrogen-bond acceptors (Lipinski definition) is 6. The SMILES string of the molecule is CC1=C(C(=O)OCC(C)C)C(c2ccc(C(=O)O)cc2)c2c(n(C)c(=O)n(C)c2=O)N1. The van der Waals surface area contributed by atoms with Crippen molar-refractivity contribution in [1.29, 1.82) is 0 Å². The van der Waals surface area contributed by atoms with Crippen LogP contribution in [-0.4, -0.2) is 32.8 Å². The fourth-order valence-corrected chi connectivity index (χ4v) is 3.63. The Hall–Kier alpha value is -3.62. The Kier molecular flexibility index (Phi) is 5.88. The van der Waals surface area contributed by atoms with E-state index in [0.717, 1.165) is 4.57 Å². The van der Waals surface area contributed by atoms with Crippen molar-refractivity contribution in [1.82, 2.24) is 9.13 Å². The number of aromatic carboxylic acids is 1. The van der Waals surface area contributed by atoms with Gasteiger partial charge >= 0.3 is 17.6 Å². The Morgan fingerprint density at radius 2 is 1.74 bits per heavy atom. The van der Waals surface area contributed by atoms with Gasteiger partial charge < -0.3 is 15.2 Å². The maximum absolute atomic E-state index is 13.1. The number of carbonyl (C=O) groups excluding carboxylic acids is 1. The lowest BCUT2D eigenvalue weighted by molar-refractivity contribution is -0.140. The van der Waals surface area contributed by atoms with Gasteiger partial charge in [-0.15, -0.1) is 0 Å². The number of carboxylic acid groups (broad SMARTS) is 1. The van der Waals surface area contributed by atoms with Crippen LogP contribution in [-0.2, 0) is 23.6 Å². The fraction of sp³-hybridized carbons (Fsp3) is 0.364. The fourth-order valence-electron chi connectivity index (χ4n) is 3.63. The second-order valence-electron chi connectivity index (χ2n) is 7.98. The molecule has 2 N–H and O–H groups in total. The molecule has 9 heteroatoms. The first-order valence-corrected chi connectivity index (χ1v) is 9.82. The second-order valence-corrected chi connectivity index (χ2v) is 7.98. The summed E-state index contributed by atoms with van der Waals surface area (Å²) in [6.45, 7) is 5.71. The zero-order valence-corrected chi connectivity index (χ0v) is 18.1. The number of allylic oxidation sites excluding steroid dienone is 1. The molecule has 0 amide bonds. The molecule has 0 spiro atoms. The van der Waals surface area contributed by atoms with Crippen molar-refractivity contribution in [2.75, 3.05) is 11.9 Å². The standard InChI is InChI=1S/C22H25N3O6/c1-11(2)10-31-21(29)15-12(3)23-18-17(19(26)25(5)22(30)24(18)4)16(15)13-6-8-14(9-7-13)20(27)28/h6-9,11,16,23H,10H2,1-5H3,(H,27,28). The van der Waals surface area contributed by atoms with Crippen LogP contribution in [0, 0.1) is 5.92 Å². The van der Waals surface area contributed by atoms with Gasteiger partial charge in [0.15, 0.2) is 0 Å². The van der Waals surface area contributed by atoms with E-state index in [-0.39, 0.29) is 29.2 Å². The molecule has 1 aromatic heterocycles. The lowest BCUT2D eigenvalue weighted by Gasteiger charge is -2.31. The molecular weight excluding hydrogens is 402 g/mol. The monoisotopic (exact) mass is 427 g/mol. The molecule has 164 valence electrons. The molecule has 0 radical (unpaired) electrons. The van der Waals surface area contributed by atoms with Crippen molar-refractivity contribution in [3.05, 3.63) is 73.1 Å². The smallest absolute Gasteiger partial charge is 0.336 e. The molecule has 31 heavy (non-hydrogen) atoms. The van der Waals surface area contributed by atoms with Gasteiger partial charge in [0.2, 0.25) is 0 Å². The van der Waals surface area contributed by atoms with Gasteiger partial charge in [0.05, 0.1) is 29.2 Å². The zero-order chi connectivity index (χ0) is 23.0. The number of rotatable bonds is 5. The van der Waals surface area contributed by atoms with Crippen molar-refractivity contribution in [2.24, 2.45) is 20.0 Å². The predicted octanol–water partition coefficient (Wildman–Crippen LogP) is 1.81. The van der Waals surface area contributed by atoms with E-state index in [1.165, 1.54) is 30.8 Å². The number of nitrogens with one attached hydrogen (secondary N) is 1. The molecule has 0 saturated carbocycles. The molecular formula is C22H25N3O6. The topological polar surface area (TPSA) is 120 Å². The first kappa shape index (κ1) is 22.1. The molecule has 0 saturated heterocycles. The number of nitrogens with zero attached hydrogens (tertiary/aromatic N) is 2. The number of fused-ring (bicyclic) bond motifs is 1. The summed E-state index contributed by atoms with van der Waals surface area (Å²) < 4.78 is 7.76. The lowest BCUT2D eigenvalue weighted by atomic mass is 9.82. The molecule has 1 aliphatic heterocycles. The molecule has 2 heterocycles. The molecule has 1 aromatic carbocycles. The third-order valence-electron chi connectivity index (χ3n) is 5.25. The summed E-state index contributed by atoms with van der Waals surface area (Å²) in [5.74, 6) is -2.08. The largest absolute Gasteiger partial charge is 0.478 e. The summed E-state index contributed by atoms with van der Waals surface area (Å²) in [5, 5.41) is 12.2. The Morgan fingerprint density at radius 3 is 2.29 bits per heavy atom. The zero-order valence-electron chi connectivity index (χ0n) is 18.1. The number of hydrogen-bond donors (Lipinski definition) is 2. The minimum atomic E-state index is -1.08. The number of carbonyl (C=O) groups is 2. The second kappa shape index (κ2) is 8.25. The summed E-state index contributed by atoms with van der Waals surface area (Å²) in [7, 11) is 2.91. The molecule has 1 atom stereocenters. The van der Waals surface area contributed by atoms with Gasteiger partial charge in [0.25, 0.3) is 5.56 Å². The quantitative estimate of drug-likeness (QED) is 0.699. The summed E-state index contributed by atoms with van der Waals surface area (Å²) in [6.07, 6.45) is 0. The summed E-state index contributed by atoms with van der Waals surface area (Å²) in [4.78, 5) is 49.9. The molecule has 1 unspecified atom stereocenters. The van der Waals surface area contributed by atoms with Gasteiger partial charge in [0, 0.05) is 19.8 Å². The van der Waals surface area contributed by atoms with Crippen LogP contribution in [0.4, 0.5) is 5.82 Å².